The molecule has 0 saturated carbocycles. The molecule has 3 rings (SSSR count). The molecule has 1 nitrogen and oxygen atoms in total. The van der Waals surface area contributed by atoms with E-state index >= 15 is 0 Å². The molecule has 0 bridgehead atoms. The molecule has 0 fully saturated rings. The number of hydrogen-bond donors (Lipinski definition) is 1. The zero-order valence-electron chi connectivity index (χ0n) is 8.10. The summed E-state index contributed by atoms with van der Waals surface area (Å²) in [5.74, 6) is 0. The summed E-state index contributed by atoms with van der Waals surface area (Å²) in [5.41, 5.74) is 3.74. The maximum absolute atomic E-state index is 3.27. The van der Waals surface area contributed by atoms with Crippen molar-refractivity contribution in [2.75, 3.05) is 0 Å². The Hall–Kier alpha value is -1.67. The second kappa shape index (κ2) is 3.48. The standard InChI is InChI=1S/C13H9NS/c1-2-6-13-12(5-1)10(9-14-13)8-11-4-3-7-15-11/h1-9H/p+1/b10-8+. The molecule has 1 aromatic heterocycles. The van der Waals surface area contributed by atoms with Crippen LogP contribution in [-0.2, 0) is 0 Å². The van der Waals surface area contributed by atoms with Crippen LogP contribution in [0.2, 0.25) is 0 Å². The van der Waals surface area contributed by atoms with Crippen LogP contribution in [0, 0.1) is 0 Å². The highest BCUT2D eigenvalue weighted by molar-refractivity contribution is 7.10. The van der Waals surface area contributed by atoms with Crippen molar-refractivity contribution in [1.29, 1.82) is 0 Å². The zero-order valence-corrected chi connectivity index (χ0v) is 8.92. The van der Waals surface area contributed by atoms with E-state index in [1.807, 2.05) is 6.07 Å². The molecule has 2 heterocycles. The fourth-order valence-electron chi connectivity index (χ4n) is 1.74. The average Bonchev–Trinajstić information content (AvgIpc) is 2.89. The summed E-state index contributed by atoms with van der Waals surface area (Å²) < 4.78 is 0. The van der Waals surface area contributed by atoms with Gasteiger partial charge in [-0.15, -0.1) is 11.3 Å². The van der Waals surface area contributed by atoms with Crippen LogP contribution < -0.4 is 4.99 Å². The minimum atomic E-state index is 1.19. The predicted octanol–water partition coefficient (Wildman–Crippen LogP) is 2.09. The highest BCUT2D eigenvalue weighted by Crippen LogP contribution is 2.24. The molecule has 72 valence electrons. The van der Waals surface area contributed by atoms with E-state index in [1.165, 1.54) is 21.7 Å². The Labute approximate surface area is 92.4 Å². The average molecular weight is 212 g/mol. The molecule has 2 heteroatoms. The van der Waals surface area contributed by atoms with Crippen LogP contribution in [0.15, 0.2) is 41.8 Å². The molecule has 1 aliphatic heterocycles. The van der Waals surface area contributed by atoms with Crippen molar-refractivity contribution >= 4 is 34.9 Å². The van der Waals surface area contributed by atoms with Crippen molar-refractivity contribution in [1.82, 2.24) is 0 Å². The Morgan fingerprint density at radius 1 is 1.07 bits per heavy atom. The third kappa shape index (κ3) is 1.53. The van der Waals surface area contributed by atoms with E-state index in [1.54, 1.807) is 11.3 Å². The molecule has 2 aromatic rings. The van der Waals surface area contributed by atoms with Gasteiger partial charge in [0.25, 0.3) is 0 Å². The van der Waals surface area contributed by atoms with Crippen LogP contribution in [0.5, 0.6) is 0 Å². The Morgan fingerprint density at radius 3 is 2.87 bits per heavy atom. The second-order valence-electron chi connectivity index (χ2n) is 3.45. The van der Waals surface area contributed by atoms with E-state index in [2.05, 4.69) is 53.0 Å². The maximum Gasteiger partial charge on any atom is 0.211 e. The summed E-state index contributed by atoms with van der Waals surface area (Å²) in [5, 5.41) is 2.10. The third-order valence-corrected chi connectivity index (χ3v) is 3.28. The van der Waals surface area contributed by atoms with E-state index in [0.29, 0.717) is 0 Å². The van der Waals surface area contributed by atoms with E-state index in [-0.39, 0.29) is 0 Å². The number of para-hydroxylation sites is 1. The van der Waals surface area contributed by atoms with Gasteiger partial charge in [0.1, 0.15) is 0 Å². The van der Waals surface area contributed by atoms with Crippen molar-refractivity contribution in [2.45, 2.75) is 0 Å². The van der Waals surface area contributed by atoms with Gasteiger partial charge in [-0.05, 0) is 23.6 Å². The molecule has 15 heavy (non-hydrogen) atoms. The fourth-order valence-corrected chi connectivity index (χ4v) is 2.41. The summed E-state index contributed by atoms with van der Waals surface area (Å²) in [6.07, 6.45) is 4.27. The predicted molar refractivity (Wildman–Crippen MR) is 65.3 cm³/mol. The fraction of sp³-hybridized carbons (Fsp3) is 0. The zero-order chi connectivity index (χ0) is 10.1. The molecule has 0 aliphatic carbocycles. The normalized spacial score (nSPS) is 15.9. The quantitative estimate of drug-likeness (QED) is 0.744. The van der Waals surface area contributed by atoms with Gasteiger partial charge >= 0.3 is 0 Å². The lowest BCUT2D eigenvalue weighted by molar-refractivity contribution is -0.342. The lowest BCUT2D eigenvalue weighted by Crippen LogP contribution is -2.58. The lowest BCUT2D eigenvalue weighted by atomic mass is 10.1. The molecular weight excluding hydrogens is 202 g/mol. The number of benzene rings is 1. The van der Waals surface area contributed by atoms with Crippen molar-refractivity contribution < 1.29 is 4.99 Å². The minimum Gasteiger partial charge on any atom is -0.210 e. The highest BCUT2D eigenvalue weighted by Gasteiger charge is 2.16. The van der Waals surface area contributed by atoms with E-state index in [9.17, 15) is 0 Å². The third-order valence-electron chi connectivity index (χ3n) is 2.46. The molecule has 1 aromatic carbocycles. The van der Waals surface area contributed by atoms with Crippen LogP contribution in [0.4, 0.5) is 5.69 Å². The molecule has 0 spiro atoms. The monoisotopic (exact) mass is 212 g/mol. The van der Waals surface area contributed by atoms with Gasteiger partial charge in [-0.25, -0.2) is 4.99 Å². The summed E-state index contributed by atoms with van der Waals surface area (Å²) >= 11 is 1.76. The minimum absolute atomic E-state index is 1.19. The first-order valence-corrected chi connectivity index (χ1v) is 5.76. The van der Waals surface area contributed by atoms with Gasteiger partial charge in [0.15, 0.2) is 6.21 Å². The number of fused-ring (bicyclic) bond motifs is 1. The van der Waals surface area contributed by atoms with Crippen molar-refractivity contribution in [3.05, 3.63) is 52.2 Å². The van der Waals surface area contributed by atoms with Crippen LogP contribution in [0.1, 0.15) is 10.4 Å². The van der Waals surface area contributed by atoms with Gasteiger partial charge in [0.05, 0.1) is 11.1 Å². The SMILES string of the molecule is C1=[NH+]c2ccccc2/C1=C/c1cccs1. The highest BCUT2D eigenvalue weighted by atomic mass is 32.1. The molecule has 0 amide bonds. The number of thiophene rings is 1. The number of rotatable bonds is 1. The molecule has 1 aliphatic rings. The van der Waals surface area contributed by atoms with Crippen LogP contribution >= 0.6 is 11.3 Å². The van der Waals surface area contributed by atoms with Crippen LogP contribution in [0.25, 0.3) is 11.6 Å². The van der Waals surface area contributed by atoms with Crippen molar-refractivity contribution in [3.63, 3.8) is 0 Å². The van der Waals surface area contributed by atoms with Crippen LogP contribution in [0.3, 0.4) is 0 Å². The summed E-state index contributed by atoms with van der Waals surface area (Å²) in [4.78, 5) is 4.57. The molecule has 0 saturated heterocycles. The Bertz CT molecular complexity index is 535. The molecule has 0 atom stereocenters. The topological polar surface area (TPSA) is 14.0 Å². The summed E-state index contributed by atoms with van der Waals surface area (Å²) in [6.45, 7) is 0. The first kappa shape index (κ1) is 8.62. The number of hydrogen-bond acceptors (Lipinski definition) is 1. The first-order chi connectivity index (χ1) is 7.43. The molecule has 0 unspecified atom stereocenters. The van der Waals surface area contributed by atoms with Crippen molar-refractivity contribution in [2.24, 2.45) is 0 Å². The van der Waals surface area contributed by atoms with Gasteiger partial charge in [0.2, 0.25) is 5.69 Å². The van der Waals surface area contributed by atoms with E-state index < -0.39 is 0 Å². The maximum atomic E-state index is 3.27. The van der Waals surface area contributed by atoms with E-state index in [4.69, 9.17) is 0 Å². The second-order valence-corrected chi connectivity index (χ2v) is 4.43. The number of nitrogens with one attached hydrogen (secondary N) is 1. The van der Waals surface area contributed by atoms with Crippen molar-refractivity contribution in [3.8, 4) is 0 Å². The molecule has 0 radical (unpaired) electrons. The smallest absolute Gasteiger partial charge is 0.210 e. The number of allylic oxidation sites excluding steroid dienone is 1. The summed E-state index contributed by atoms with van der Waals surface area (Å²) in [7, 11) is 0. The van der Waals surface area contributed by atoms with Gasteiger partial charge in [-0.1, -0.05) is 18.2 Å². The van der Waals surface area contributed by atoms with Gasteiger partial charge in [0, 0.05) is 10.9 Å². The Kier molecular flexibility index (Phi) is 2.00. The van der Waals surface area contributed by atoms with Gasteiger partial charge in [-0.3, -0.25) is 0 Å². The summed E-state index contributed by atoms with van der Waals surface area (Å²) in [6, 6.07) is 12.6. The lowest BCUT2D eigenvalue weighted by Gasteiger charge is -1.92. The first-order valence-electron chi connectivity index (χ1n) is 4.88. The van der Waals surface area contributed by atoms with Gasteiger partial charge < -0.3 is 0 Å². The van der Waals surface area contributed by atoms with Gasteiger partial charge in [-0.2, -0.15) is 0 Å². The van der Waals surface area contributed by atoms with E-state index in [0.717, 1.165) is 0 Å². The Morgan fingerprint density at radius 2 is 2.00 bits per heavy atom. The molecular formula is C13H10NS+. The van der Waals surface area contributed by atoms with Crippen LogP contribution in [-0.4, -0.2) is 6.21 Å². The Balaban J connectivity index is 2.08. The largest absolute Gasteiger partial charge is 0.211 e. The molecule has 1 N–H and O–H groups in total.